The highest BCUT2D eigenvalue weighted by Gasteiger charge is 2.45. The van der Waals surface area contributed by atoms with Gasteiger partial charge in [0.2, 0.25) is 0 Å². The Bertz CT molecular complexity index is 293. The molecule has 0 saturated heterocycles. The fourth-order valence-corrected chi connectivity index (χ4v) is 3.72. The maximum Gasteiger partial charge on any atom is 0.313 e. The summed E-state index contributed by atoms with van der Waals surface area (Å²) in [6.07, 6.45) is 11.6. The Balaban J connectivity index is 1.73. The molecule has 0 atom stereocenters. The number of rotatable bonds is 6. The first kappa shape index (κ1) is 14.8. The van der Waals surface area contributed by atoms with Gasteiger partial charge in [0.1, 0.15) is 0 Å². The van der Waals surface area contributed by atoms with Crippen LogP contribution in [-0.4, -0.2) is 38.1 Å². The van der Waals surface area contributed by atoms with Gasteiger partial charge in [-0.25, -0.2) is 0 Å². The number of esters is 1. The molecule has 0 radical (unpaired) electrons. The zero-order valence-corrected chi connectivity index (χ0v) is 12.6. The van der Waals surface area contributed by atoms with Crippen LogP contribution in [0.2, 0.25) is 0 Å². The summed E-state index contributed by atoms with van der Waals surface area (Å²) in [6.45, 7) is 2.01. The number of hydrogen-bond acceptors (Lipinski definition) is 3. The molecule has 2 aliphatic carbocycles. The lowest BCUT2D eigenvalue weighted by atomic mass is 9.68. The molecule has 19 heavy (non-hydrogen) atoms. The second-order valence-electron chi connectivity index (χ2n) is 6.66. The van der Waals surface area contributed by atoms with Gasteiger partial charge in [0, 0.05) is 6.54 Å². The standard InChI is InChI=1S/C16H29NO2/c1-17(12-9-14-7-4-3-5-8-14)13-16(10-6-11-16)15(18)19-2/h14H,3-13H2,1-2H3. The molecule has 110 valence electrons. The summed E-state index contributed by atoms with van der Waals surface area (Å²) in [5.74, 6) is 0.926. The van der Waals surface area contributed by atoms with Crippen LogP contribution in [0.25, 0.3) is 0 Å². The van der Waals surface area contributed by atoms with E-state index in [1.54, 1.807) is 0 Å². The Morgan fingerprint density at radius 3 is 2.42 bits per heavy atom. The maximum absolute atomic E-state index is 11.9. The summed E-state index contributed by atoms with van der Waals surface area (Å²) < 4.78 is 4.99. The van der Waals surface area contributed by atoms with Gasteiger partial charge in [-0.15, -0.1) is 0 Å². The summed E-state index contributed by atoms with van der Waals surface area (Å²) in [4.78, 5) is 14.3. The van der Waals surface area contributed by atoms with E-state index in [9.17, 15) is 4.79 Å². The first-order valence-corrected chi connectivity index (χ1v) is 7.93. The van der Waals surface area contributed by atoms with Gasteiger partial charge in [-0.2, -0.15) is 0 Å². The van der Waals surface area contributed by atoms with Crippen LogP contribution in [0.15, 0.2) is 0 Å². The third-order valence-corrected chi connectivity index (χ3v) is 5.15. The second-order valence-corrected chi connectivity index (χ2v) is 6.66. The molecule has 0 bridgehead atoms. The van der Waals surface area contributed by atoms with Crippen molar-refractivity contribution in [3.05, 3.63) is 0 Å². The zero-order chi connectivity index (χ0) is 13.7. The van der Waals surface area contributed by atoms with Crippen LogP contribution in [0, 0.1) is 11.3 Å². The van der Waals surface area contributed by atoms with E-state index in [0.29, 0.717) is 0 Å². The molecular formula is C16H29NO2. The largest absolute Gasteiger partial charge is 0.469 e. The molecule has 0 aromatic carbocycles. The highest BCUT2D eigenvalue weighted by Crippen LogP contribution is 2.42. The van der Waals surface area contributed by atoms with Crippen molar-refractivity contribution in [2.75, 3.05) is 27.2 Å². The summed E-state index contributed by atoms with van der Waals surface area (Å²) >= 11 is 0. The average molecular weight is 267 g/mol. The van der Waals surface area contributed by atoms with E-state index in [2.05, 4.69) is 11.9 Å². The molecule has 3 heteroatoms. The van der Waals surface area contributed by atoms with E-state index in [1.807, 2.05) is 0 Å². The minimum absolute atomic E-state index is 0.00302. The van der Waals surface area contributed by atoms with Crippen molar-refractivity contribution in [1.29, 1.82) is 0 Å². The molecule has 2 fully saturated rings. The molecule has 0 amide bonds. The Morgan fingerprint density at radius 2 is 1.89 bits per heavy atom. The predicted molar refractivity (Wildman–Crippen MR) is 77.0 cm³/mol. The van der Waals surface area contributed by atoms with Crippen LogP contribution in [-0.2, 0) is 9.53 Å². The summed E-state index contributed by atoms with van der Waals surface area (Å²) in [6, 6.07) is 0. The quantitative estimate of drug-likeness (QED) is 0.692. The summed E-state index contributed by atoms with van der Waals surface area (Å²) in [5, 5.41) is 0. The fraction of sp³-hybridized carbons (Fsp3) is 0.938. The molecule has 2 aliphatic rings. The lowest BCUT2D eigenvalue weighted by Crippen LogP contribution is -2.47. The van der Waals surface area contributed by atoms with Gasteiger partial charge < -0.3 is 9.64 Å². The monoisotopic (exact) mass is 267 g/mol. The number of carbonyl (C=O) groups excluding carboxylic acids is 1. The molecule has 2 rings (SSSR count). The molecule has 0 heterocycles. The molecule has 0 aromatic heterocycles. The summed E-state index contributed by atoms with van der Waals surface area (Å²) in [7, 11) is 3.68. The van der Waals surface area contributed by atoms with Crippen LogP contribution in [0.1, 0.15) is 57.8 Å². The van der Waals surface area contributed by atoms with Crippen LogP contribution < -0.4 is 0 Å². The van der Waals surface area contributed by atoms with Gasteiger partial charge in [-0.3, -0.25) is 4.79 Å². The normalized spacial score (nSPS) is 23.1. The molecule has 0 aliphatic heterocycles. The smallest absolute Gasteiger partial charge is 0.313 e. The Kier molecular flexibility index (Phi) is 5.26. The number of ether oxygens (including phenoxy) is 1. The summed E-state index contributed by atoms with van der Waals surface area (Å²) in [5.41, 5.74) is -0.184. The van der Waals surface area contributed by atoms with Crippen molar-refractivity contribution in [2.45, 2.75) is 57.8 Å². The van der Waals surface area contributed by atoms with Crippen molar-refractivity contribution in [1.82, 2.24) is 4.90 Å². The van der Waals surface area contributed by atoms with Gasteiger partial charge in [-0.1, -0.05) is 38.5 Å². The van der Waals surface area contributed by atoms with E-state index in [1.165, 1.54) is 52.1 Å². The Morgan fingerprint density at radius 1 is 1.21 bits per heavy atom. The van der Waals surface area contributed by atoms with E-state index in [-0.39, 0.29) is 11.4 Å². The third kappa shape index (κ3) is 3.71. The van der Waals surface area contributed by atoms with Gasteiger partial charge in [0.25, 0.3) is 0 Å². The van der Waals surface area contributed by atoms with Gasteiger partial charge in [-0.05, 0) is 38.8 Å². The first-order chi connectivity index (χ1) is 9.16. The van der Waals surface area contributed by atoms with E-state index in [4.69, 9.17) is 4.74 Å². The van der Waals surface area contributed by atoms with Crippen LogP contribution in [0.5, 0.6) is 0 Å². The molecule has 2 saturated carbocycles. The van der Waals surface area contributed by atoms with Crippen LogP contribution in [0.3, 0.4) is 0 Å². The van der Waals surface area contributed by atoms with Gasteiger partial charge in [0.05, 0.1) is 12.5 Å². The Hall–Kier alpha value is -0.570. The van der Waals surface area contributed by atoms with Crippen molar-refractivity contribution >= 4 is 5.97 Å². The minimum Gasteiger partial charge on any atom is -0.469 e. The highest BCUT2D eigenvalue weighted by molar-refractivity contribution is 5.78. The molecule has 0 spiro atoms. The van der Waals surface area contributed by atoms with E-state index < -0.39 is 0 Å². The van der Waals surface area contributed by atoms with Gasteiger partial charge >= 0.3 is 5.97 Å². The number of methoxy groups -OCH3 is 1. The second kappa shape index (κ2) is 6.74. The van der Waals surface area contributed by atoms with Crippen molar-refractivity contribution < 1.29 is 9.53 Å². The fourth-order valence-electron chi connectivity index (χ4n) is 3.72. The van der Waals surface area contributed by atoms with Crippen LogP contribution in [0.4, 0.5) is 0 Å². The van der Waals surface area contributed by atoms with E-state index in [0.717, 1.165) is 31.8 Å². The van der Waals surface area contributed by atoms with Crippen LogP contribution >= 0.6 is 0 Å². The highest BCUT2D eigenvalue weighted by atomic mass is 16.5. The molecule has 0 N–H and O–H groups in total. The number of hydrogen-bond donors (Lipinski definition) is 0. The zero-order valence-electron chi connectivity index (χ0n) is 12.6. The van der Waals surface area contributed by atoms with Gasteiger partial charge in [0.15, 0.2) is 0 Å². The van der Waals surface area contributed by atoms with Crippen molar-refractivity contribution in [3.63, 3.8) is 0 Å². The Labute approximate surface area is 117 Å². The molecule has 3 nitrogen and oxygen atoms in total. The first-order valence-electron chi connectivity index (χ1n) is 7.93. The average Bonchev–Trinajstić information content (AvgIpc) is 2.41. The third-order valence-electron chi connectivity index (χ3n) is 5.15. The molecule has 0 aromatic rings. The minimum atomic E-state index is -0.184. The lowest BCUT2D eigenvalue weighted by Gasteiger charge is -2.41. The SMILES string of the molecule is COC(=O)C1(CN(C)CCC2CCCCC2)CCC1. The maximum atomic E-state index is 11.9. The topological polar surface area (TPSA) is 29.5 Å². The predicted octanol–water partition coefficient (Wildman–Crippen LogP) is 3.23. The lowest BCUT2D eigenvalue weighted by molar-refractivity contribution is -0.159. The van der Waals surface area contributed by atoms with Crippen molar-refractivity contribution in [3.8, 4) is 0 Å². The van der Waals surface area contributed by atoms with E-state index >= 15 is 0 Å². The molecule has 0 unspecified atom stereocenters. The number of nitrogens with zero attached hydrogens (tertiary/aromatic N) is 1. The molecular weight excluding hydrogens is 238 g/mol. The van der Waals surface area contributed by atoms with Crippen molar-refractivity contribution in [2.24, 2.45) is 11.3 Å². The number of carbonyl (C=O) groups is 1.